The van der Waals surface area contributed by atoms with Gasteiger partial charge in [0.2, 0.25) is 11.7 Å². The van der Waals surface area contributed by atoms with Crippen molar-refractivity contribution < 1.29 is 23.7 Å². The molecule has 0 aliphatic rings. The van der Waals surface area contributed by atoms with E-state index in [0.717, 1.165) is 27.9 Å². The third-order valence-electron chi connectivity index (χ3n) is 5.91. The number of ether oxygens (including phenoxy) is 4. The first-order valence-electron chi connectivity index (χ1n) is 11.5. The van der Waals surface area contributed by atoms with E-state index in [0.29, 0.717) is 35.1 Å². The molecule has 4 aromatic rings. The Bertz CT molecular complexity index is 1360. The van der Waals surface area contributed by atoms with Crippen LogP contribution in [-0.4, -0.2) is 44.8 Å². The molecule has 8 nitrogen and oxygen atoms in total. The Morgan fingerprint density at radius 2 is 1.55 bits per heavy atom. The summed E-state index contributed by atoms with van der Waals surface area (Å²) >= 11 is 1.33. The van der Waals surface area contributed by atoms with Gasteiger partial charge in [-0.05, 0) is 53.3 Å². The molecule has 1 aromatic heterocycles. The molecular formula is C28H30ClN3O5S. The molecule has 200 valence electrons. The molecule has 0 aliphatic carbocycles. The molecule has 4 rings (SSSR count). The first-order valence-corrected chi connectivity index (χ1v) is 12.4. The second-order valence-corrected chi connectivity index (χ2v) is 8.82. The van der Waals surface area contributed by atoms with Gasteiger partial charge >= 0.3 is 0 Å². The smallest absolute Gasteiger partial charge is 0.241 e. The molecule has 0 radical (unpaired) electrons. The van der Waals surface area contributed by atoms with Crippen LogP contribution in [0.15, 0.2) is 66.0 Å². The SMILES string of the molecule is COc1ccc(-c2csnc2-c2cc(OC)c(OC)c(OC)c2)cc1NC(=O)C(N)Cc1ccccc1.Cl. The third-order valence-corrected chi connectivity index (χ3v) is 6.54. The summed E-state index contributed by atoms with van der Waals surface area (Å²) in [5.74, 6) is 1.80. The Morgan fingerprint density at radius 3 is 2.16 bits per heavy atom. The van der Waals surface area contributed by atoms with E-state index in [-0.39, 0.29) is 18.3 Å². The maximum atomic E-state index is 12.9. The van der Waals surface area contributed by atoms with E-state index in [1.54, 1.807) is 28.4 Å². The van der Waals surface area contributed by atoms with Gasteiger partial charge in [-0.2, -0.15) is 4.37 Å². The van der Waals surface area contributed by atoms with Crippen molar-refractivity contribution in [3.63, 3.8) is 0 Å². The third kappa shape index (κ3) is 6.19. The van der Waals surface area contributed by atoms with E-state index in [1.807, 2.05) is 66.0 Å². The standard InChI is InChI=1S/C28H29N3O5S.ClH/c1-33-23-11-10-18(13-22(23)30-28(32)21(29)12-17-8-6-5-7-9-17)20-16-37-31-26(20)19-14-24(34-2)27(36-4)25(15-19)35-3;/h5-11,13-16,21H,12,29H2,1-4H3,(H,30,32);1H. The van der Waals surface area contributed by atoms with Crippen molar-refractivity contribution >= 4 is 35.5 Å². The molecule has 3 aromatic carbocycles. The van der Waals surface area contributed by atoms with Crippen molar-refractivity contribution in [2.24, 2.45) is 5.73 Å². The predicted octanol–water partition coefficient (Wildman–Crippen LogP) is 5.44. The predicted molar refractivity (Wildman–Crippen MR) is 153 cm³/mol. The zero-order valence-corrected chi connectivity index (χ0v) is 23.2. The fraction of sp³-hybridized carbons (Fsp3) is 0.214. The molecule has 3 N–H and O–H groups in total. The normalized spacial score (nSPS) is 11.2. The van der Waals surface area contributed by atoms with Crippen molar-refractivity contribution in [2.45, 2.75) is 12.5 Å². The van der Waals surface area contributed by atoms with E-state index in [9.17, 15) is 4.79 Å². The number of halogens is 1. The number of aromatic nitrogens is 1. The van der Waals surface area contributed by atoms with Gasteiger partial charge in [-0.15, -0.1) is 12.4 Å². The van der Waals surface area contributed by atoms with E-state index < -0.39 is 6.04 Å². The number of nitrogens with one attached hydrogen (secondary N) is 1. The van der Waals surface area contributed by atoms with Crippen LogP contribution in [0.1, 0.15) is 5.56 Å². The Hall–Kier alpha value is -3.79. The topological polar surface area (TPSA) is 105 Å². The van der Waals surface area contributed by atoms with Crippen LogP contribution in [0, 0.1) is 0 Å². The summed E-state index contributed by atoms with van der Waals surface area (Å²) in [6.07, 6.45) is 0.425. The highest BCUT2D eigenvalue weighted by Gasteiger charge is 2.20. The molecule has 0 saturated carbocycles. The van der Waals surface area contributed by atoms with Crippen LogP contribution >= 0.6 is 23.9 Å². The summed E-state index contributed by atoms with van der Waals surface area (Å²) in [5.41, 5.74) is 11.0. The van der Waals surface area contributed by atoms with Crippen LogP contribution < -0.4 is 30.0 Å². The van der Waals surface area contributed by atoms with Crippen molar-refractivity contribution in [3.05, 3.63) is 71.6 Å². The molecule has 0 aliphatic heterocycles. The van der Waals surface area contributed by atoms with Gasteiger partial charge in [0.05, 0.1) is 45.9 Å². The van der Waals surface area contributed by atoms with Crippen molar-refractivity contribution in [1.29, 1.82) is 0 Å². The van der Waals surface area contributed by atoms with Gasteiger partial charge in [-0.1, -0.05) is 36.4 Å². The van der Waals surface area contributed by atoms with Crippen LogP contribution in [0.3, 0.4) is 0 Å². The highest BCUT2D eigenvalue weighted by Crippen LogP contribution is 2.44. The number of methoxy groups -OCH3 is 4. The lowest BCUT2D eigenvalue weighted by molar-refractivity contribution is -0.117. The number of carbonyl (C=O) groups excluding carboxylic acids is 1. The first-order chi connectivity index (χ1) is 18.0. The monoisotopic (exact) mass is 555 g/mol. The minimum absolute atomic E-state index is 0. The fourth-order valence-electron chi connectivity index (χ4n) is 4.03. The number of nitrogens with zero attached hydrogens (tertiary/aromatic N) is 1. The van der Waals surface area contributed by atoms with E-state index in [4.69, 9.17) is 24.7 Å². The number of carbonyl (C=O) groups is 1. The van der Waals surface area contributed by atoms with Crippen LogP contribution in [0.5, 0.6) is 23.0 Å². The van der Waals surface area contributed by atoms with Crippen LogP contribution in [0.25, 0.3) is 22.4 Å². The molecule has 0 fully saturated rings. The lowest BCUT2D eigenvalue weighted by Crippen LogP contribution is -2.37. The average molecular weight is 556 g/mol. The highest BCUT2D eigenvalue weighted by atomic mass is 35.5. The average Bonchev–Trinajstić information content (AvgIpc) is 3.42. The van der Waals surface area contributed by atoms with E-state index in [2.05, 4.69) is 9.69 Å². The molecule has 10 heteroatoms. The largest absolute Gasteiger partial charge is 0.495 e. The lowest BCUT2D eigenvalue weighted by Gasteiger charge is -2.16. The van der Waals surface area contributed by atoms with Gasteiger partial charge in [-0.3, -0.25) is 4.79 Å². The van der Waals surface area contributed by atoms with Gasteiger partial charge < -0.3 is 30.0 Å². The van der Waals surface area contributed by atoms with Crippen molar-refractivity contribution in [1.82, 2.24) is 4.37 Å². The van der Waals surface area contributed by atoms with Crippen molar-refractivity contribution in [3.8, 4) is 45.4 Å². The van der Waals surface area contributed by atoms with Crippen LogP contribution in [0.4, 0.5) is 5.69 Å². The second-order valence-electron chi connectivity index (χ2n) is 8.19. The number of hydrogen-bond acceptors (Lipinski definition) is 8. The molecule has 1 amide bonds. The van der Waals surface area contributed by atoms with Crippen LogP contribution in [-0.2, 0) is 11.2 Å². The second kappa shape index (κ2) is 13.1. The number of hydrogen-bond donors (Lipinski definition) is 2. The minimum atomic E-state index is -0.714. The van der Waals surface area contributed by atoms with Gasteiger partial charge in [0.25, 0.3) is 0 Å². The molecule has 1 unspecified atom stereocenters. The first kappa shape index (κ1) is 28.8. The maximum absolute atomic E-state index is 12.9. The summed E-state index contributed by atoms with van der Waals surface area (Å²) in [6.45, 7) is 0. The summed E-state index contributed by atoms with van der Waals surface area (Å²) < 4.78 is 26.6. The summed E-state index contributed by atoms with van der Waals surface area (Å²) in [4.78, 5) is 12.9. The van der Waals surface area contributed by atoms with Gasteiger partial charge in [-0.25, -0.2) is 0 Å². The maximum Gasteiger partial charge on any atom is 0.241 e. The fourth-order valence-corrected chi connectivity index (χ4v) is 4.74. The number of anilines is 1. The van der Waals surface area contributed by atoms with Gasteiger partial charge in [0, 0.05) is 16.5 Å². The molecule has 0 saturated heterocycles. The Labute approximate surface area is 232 Å². The molecule has 38 heavy (non-hydrogen) atoms. The Balaban J connectivity index is 0.00000400. The number of nitrogens with two attached hydrogens (primary N) is 1. The van der Waals surface area contributed by atoms with Gasteiger partial charge in [0.15, 0.2) is 11.5 Å². The van der Waals surface area contributed by atoms with E-state index >= 15 is 0 Å². The Kier molecular flexibility index (Phi) is 9.95. The number of rotatable bonds is 10. The minimum Gasteiger partial charge on any atom is -0.495 e. The molecule has 0 spiro atoms. The molecule has 1 atom stereocenters. The molecule has 1 heterocycles. The molecular weight excluding hydrogens is 526 g/mol. The van der Waals surface area contributed by atoms with E-state index in [1.165, 1.54) is 11.5 Å². The zero-order valence-electron chi connectivity index (χ0n) is 21.5. The number of benzene rings is 3. The summed E-state index contributed by atoms with van der Waals surface area (Å²) in [5, 5.41) is 4.88. The Morgan fingerprint density at radius 1 is 0.895 bits per heavy atom. The zero-order chi connectivity index (χ0) is 26.4. The number of amides is 1. The highest BCUT2D eigenvalue weighted by molar-refractivity contribution is 7.04. The summed E-state index contributed by atoms with van der Waals surface area (Å²) in [6, 6.07) is 18.3. The lowest BCUT2D eigenvalue weighted by atomic mass is 10.00. The summed E-state index contributed by atoms with van der Waals surface area (Å²) in [7, 11) is 6.27. The van der Waals surface area contributed by atoms with Gasteiger partial charge in [0.1, 0.15) is 5.75 Å². The van der Waals surface area contributed by atoms with Crippen molar-refractivity contribution in [2.75, 3.05) is 33.8 Å². The van der Waals surface area contributed by atoms with Crippen LogP contribution in [0.2, 0.25) is 0 Å². The molecule has 0 bridgehead atoms. The quantitative estimate of drug-likeness (QED) is 0.268.